The van der Waals surface area contributed by atoms with E-state index < -0.39 is 17.7 Å². The molecule has 1 aromatic rings. The number of hydrogen-bond donors (Lipinski definition) is 2. The predicted octanol–water partition coefficient (Wildman–Crippen LogP) is 2.98. The Kier molecular flexibility index (Phi) is 4.35. The molecule has 1 aliphatic heterocycles. The minimum Gasteiger partial charge on any atom is -0.444 e. The van der Waals surface area contributed by atoms with Crippen LogP contribution in [0.3, 0.4) is 0 Å². The SMILES string of the molecule is C#Cc1ccc(NC(=O)C2CC3(CC3)CN2C(=O)OC(C)(C)C)c(N)c1. The van der Waals surface area contributed by atoms with Crippen molar-refractivity contribution in [1.29, 1.82) is 0 Å². The first-order chi connectivity index (χ1) is 12.1. The van der Waals surface area contributed by atoms with Gasteiger partial charge in [0.1, 0.15) is 11.6 Å². The molecular formula is C20H25N3O3. The van der Waals surface area contributed by atoms with Crippen molar-refractivity contribution in [1.82, 2.24) is 4.90 Å². The van der Waals surface area contributed by atoms with Gasteiger partial charge in [-0.1, -0.05) is 5.92 Å². The van der Waals surface area contributed by atoms with Crippen LogP contribution in [0.5, 0.6) is 0 Å². The van der Waals surface area contributed by atoms with Crippen LogP contribution in [0.4, 0.5) is 16.2 Å². The van der Waals surface area contributed by atoms with Gasteiger partial charge in [0.05, 0.1) is 11.4 Å². The Hall–Kier alpha value is -2.68. The second-order valence-corrected chi connectivity index (χ2v) is 8.26. The van der Waals surface area contributed by atoms with Gasteiger partial charge in [-0.05, 0) is 63.6 Å². The summed E-state index contributed by atoms with van der Waals surface area (Å²) in [6.45, 7) is 6.01. The van der Waals surface area contributed by atoms with Crippen LogP contribution >= 0.6 is 0 Å². The fourth-order valence-electron chi connectivity index (χ4n) is 3.32. The van der Waals surface area contributed by atoms with E-state index in [0.29, 0.717) is 29.9 Å². The first kappa shape index (κ1) is 18.1. The standard InChI is InChI=1S/C20H25N3O3/c1-5-13-6-7-15(14(21)10-13)22-17(24)16-11-20(8-9-20)12-23(16)18(25)26-19(2,3)4/h1,6-7,10,16H,8-9,11-12,21H2,2-4H3,(H,22,24). The number of benzene rings is 1. The Labute approximate surface area is 154 Å². The van der Waals surface area contributed by atoms with Crippen molar-refractivity contribution in [2.75, 3.05) is 17.6 Å². The normalized spacial score (nSPS) is 20.5. The molecule has 138 valence electrons. The van der Waals surface area contributed by atoms with Crippen molar-refractivity contribution in [2.24, 2.45) is 5.41 Å². The highest BCUT2D eigenvalue weighted by Crippen LogP contribution is 2.55. The molecule has 6 nitrogen and oxygen atoms in total. The van der Waals surface area contributed by atoms with Gasteiger partial charge in [-0.15, -0.1) is 6.42 Å². The van der Waals surface area contributed by atoms with E-state index in [0.717, 1.165) is 12.8 Å². The number of carbonyl (C=O) groups excluding carboxylic acids is 2. The molecule has 1 aliphatic carbocycles. The van der Waals surface area contributed by atoms with Crippen molar-refractivity contribution < 1.29 is 14.3 Å². The lowest BCUT2D eigenvalue weighted by atomic mass is 10.0. The molecule has 3 N–H and O–H groups in total. The van der Waals surface area contributed by atoms with E-state index in [1.165, 1.54) is 0 Å². The van der Waals surface area contributed by atoms with Crippen LogP contribution in [0.1, 0.15) is 45.6 Å². The number of nitrogens with zero attached hydrogens (tertiary/aromatic N) is 1. The number of likely N-dealkylation sites (tertiary alicyclic amines) is 1. The third-order valence-electron chi connectivity index (χ3n) is 4.87. The molecule has 3 rings (SSSR count). The van der Waals surface area contributed by atoms with E-state index in [2.05, 4.69) is 11.2 Å². The number of hydrogen-bond acceptors (Lipinski definition) is 4. The first-order valence-corrected chi connectivity index (χ1v) is 8.79. The molecule has 26 heavy (non-hydrogen) atoms. The molecule has 0 aromatic heterocycles. The zero-order chi connectivity index (χ0) is 19.1. The molecular weight excluding hydrogens is 330 g/mol. The lowest BCUT2D eigenvalue weighted by Gasteiger charge is -2.28. The van der Waals surface area contributed by atoms with Crippen LogP contribution in [-0.4, -0.2) is 35.1 Å². The lowest BCUT2D eigenvalue weighted by molar-refractivity contribution is -0.120. The van der Waals surface area contributed by atoms with Gasteiger partial charge in [0.25, 0.3) is 0 Å². The fourth-order valence-corrected chi connectivity index (χ4v) is 3.32. The number of nitrogens with two attached hydrogens (primary N) is 1. The summed E-state index contributed by atoms with van der Waals surface area (Å²) in [5, 5.41) is 2.83. The van der Waals surface area contributed by atoms with Gasteiger partial charge in [0.2, 0.25) is 5.91 Å². The number of amides is 2. The highest BCUT2D eigenvalue weighted by molar-refractivity contribution is 5.99. The summed E-state index contributed by atoms with van der Waals surface area (Å²) in [7, 11) is 0. The Balaban J connectivity index is 1.76. The lowest BCUT2D eigenvalue weighted by Crippen LogP contribution is -2.45. The molecule has 2 amide bonds. The highest BCUT2D eigenvalue weighted by Gasteiger charge is 2.56. The van der Waals surface area contributed by atoms with E-state index in [1.807, 2.05) is 20.8 Å². The number of anilines is 2. The molecule has 0 bridgehead atoms. The monoisotopic (exact) mass is 355 g/mol. The van der Waals surface area contributed by atoms with Gasteiger partial charge in [-0.25, -0.2) is 4.79 Å². The van der Waals surface area contributed by atoms with E-state index >= 15 is 0 Å². The molecule has 1 spiro atoms. The van der Waals surface area contributed by atoms with E-state index in [4.69, 9.17) is 16.9 Å². The van der Waals surface area contributed by atoms with E-state index in [1.54, 1.807) is 23.1 Å². The quantitative estimate of drug-likeness (QED) is 0.631. The van der Waals surface area contributed by atoms with Crippen molar-refractivity contribution in [2.45, 2.75) is 51.7 Å². The van der Waals surface area contributed by atoms with Gasteiger partial charge >= 0.3 is 6.09 Å². The predicted molar refractivity (Wildman–Crippen MR) is 100 cm³/mol. The van der Waals surface area contributed by atoms with Crippen molar-refractivity contribution in [3.05, 3.63) is 23.8 Å². The molecule has 1 aromatic carbocycles. The molecule has 1 atom stereocenters. The third-order valence-corrected chi connectivity index (χ3v) is 4.87. The number of rotatable bonds is 2. The molecule has 2 aliphatic rings. The second-order valence-electron chi connectivity index (χ2n) is 8.26. The van der Waals surface area contributed by atoms with Crippen LogP contribution in [-0.2, 0) is 9.53 Å². The maximum absolute atomic E-state index is 12.9. The van der Waals surface area contributed by atoms with Gasteiger partial charge in [-0.2, -0.15) is 0 Å². The summed E-state index contributed by atoms with van der Waals surface area (Å²) in [5.74, 6) is 2.25. The molecule has 6 heteroatoms. The minimum absolute atomic E-state index is 0.0672. The Morgan fingerprint density at radius 1 is 1.38 bits per heavy atom. The number of ether oxygens (including phenoxy) is 1. The molecule has 2 fully saturated rings. The third kappa shape index (κ3) is 3.77. The van der Waals surface area contributed by atoms with Gasteiger partial charge in [0, 0.05) is 12.1 Å². The summed E-state index contributed by atoms with van der Waals surface area (Å²) in [5.41, 5.74) is 6.98. The van der Waals surface area contributed by atoms with Crippen molar-refractivity contribution in [3.8, 4) is 12.3 Å². The van der Waals surface area contributed by atoms with Gasteiger partial charge in [-0.3, -0.25) is 9.69 Å². The maximum atomic E-state index is 12.9. The zero-order valence-electron chi connectivity index (χ0n) is 15.5. The Bertz CT molecular complexity index is 784. The van der Waals surface area contributed by atoms with Crippen molar-refractivity contribution in [3.63, 3.8) is 0 Å². The number of terminal acetylenes is 1. The fraction of sp³-hybridized carbons (Fsp3) is 0.500. The topological polar surface area (TPSA) is 84.7 Å². The van der Waals surface area contributed by atoms with Crippen molar-refractivity contribution >= 4 is 23.4 Å². The molecule has 1 saturated heterocycles. The van der Waals surface area contributed by atoms with Gasteiger partial charge < -0.3 is 15.8 Å². The van der Waals surface area contributed by atoms with Crippen LogP contribution in [0.25, 0.3) is 0 Å². The van der Waals surface area contributed by atoms with Gasteiger partial charge in [0.15, 0.2) is 0 Å². The Morgan fingerprint density at radius 3 is 2.62 bits per heavy atom. The summed E-state index contributed by atoms with van der Waals surface area (Å²) >= 11 is 0. The van der Waals surface area contributed by atoms with Crippen LogP contribution in [0.15, 0.2) is 18.2 Å². The number of nitrogens with one attached hydrogen (secondary N) is 1. The summed E-state index contributed by atoms with van der Waals surface area (Å²) in [6.07, 6.45) is 7.64. The second kappa shape index (κ2) is 6.24. The molecule has 1 saturated carbocycles. The average Bonchev–Trinajstić information content (AvgIpc) is 3.17. The molecule has 1 heterocycles. The largest absolute Gasteiger partial charge is 0.444 e. The number of carbonyl (C=O) groups is 2. The average molecular weight is 355 g/mol. The van der Waals surface area contributed by atoms with Crippen LogP contribution in [0.2, 0.25) is 0 Å². The minimum atomic E-state index is -0.604. The first-order valence-electron chi connectivity index (χ1n) is 8.79. The van der Waals surface area contributed by atoms with E-state index in [9.17, 15) is 9.59 Å². The maximum Gasteiger partial charge on any atom is 0.410 e. The molecule has 0 radical (unpaired) electrons. The van der Waals surface area contributed by atoms with E-state index in [-0.39, 0.29) is 11.3 Å². The Morgan fingerprint density at radius 2 is 2.08 bits per heavy atom. The number of nitrogen functional groups attached to an aromatic ring is 1. The zero-order valence-corrected chi connectivity index (χ0v) is 15.5. The summed E-state index contributed by atoms with van der Waals surface area (Å²) in [6, 6.07) is 4.48. The highest BCUT2D eigenvalue weighted by atomic mass is 16.6. The van der Waals surface area contributed by atoms with Crippen LogP contribution < -0.4 is 11.1 Å². The smallest absolute Gasteiger partial charge is 0.410 e. The molecule has 1 unspecified atom stereocenters. The van der Waals surface area contributed by atoms with Crippen LogP contribution in [0, 0.1) is 17.8 Å². The summed E-state index contributed by atoms with van der Waals surface area (Å²) < 4.78 is 5.49. The summed E-state index contributed by atoms with van der Waals surface area (Å²) in [4.78, 5) is 27.0.